The molecule has 2 amide bonds. The zero-order valence-corrected chi connectivity index (χ0v) is 15.2. The number of carbonyl (C=O) groups excluding carboxylic acids is 2. The SMILES string of the molecule is CCc1ccccc1N(CCC(=O)NC(C)c1ccccc1)C(C)=O. The zero-order chi connectivity index (χ0) is 18.2. The number of hydrogen-bond donors (Lipinski definition) is 1. The number of aryl methyl sites for hydroxylation is 1. The second-order valence-corrected chi connectivity index (χ2v) is 6.10. The highest BCUT2D eigenvalue weighted by Gasteiger charge is 2.17. The molecule has 1 N–H and O–H groups in total. The summed E-state index contributed by atoms with van der Waals surface area (Å²) in [4.78, 5) is 26.0. The van der Waals surface area contributed by atoms with Crippen molar-refractivity contribution in [1.82, 2.24) is 5.32 Å². The second kappa shape index (κ2) is 9.02. The van der Waals surface area contributed by atoms with E-state index in [1.165, 1.54) is 6.92 Å². The topological polar surface area (TPSA) is 49.4 Å². The van der Waals surface area contributed by atoms with Crippen molar-refractivity contribution in [2.75, 3.05) is 11.4 Å². The maximum absolute atomic E-state index is 12.3. The highest BCUT2D eigenvalue weighted by Crippen LogP contribution is 2.21. The van der Waals surface area contributed by atoms with Crippen LogP contribution < -0.4 is 10.2 Å². The summed E-state index contributed by atoms with van der Waals surface area (Å²) < 4.78 is 0. The molecule has 0 spiro atoms. The highest BCUT2D eigenvalue weighted by atomic mass is 16.2. The Morgan fingerprint density at radius 2 is 1.68 bits per heavy atom. The molecule has 0 bridgehead atoms. The minimum atomic E-state index is -0.0587. The van der Waals surface area contributed by atoms with Crippen LogP contribution in [0.25, 0.3) is 0 Å². The normalized spacial score (nSPS) is 11.6. The zero-order valence-electron chi connectivity index (χ0n) is 15.2. The Labute approximate surface area is 149 Å². The van der Waals surface area contributed by atoms with Crippen LogP contribution in [0.1, 0.15) is 44.4 Å². The van der Waals surface area contributed by atoms with Gasteiger partial charge in [-0.3, -0.25) is 9.59 Å². The van der Waals surface area contributed by atoms with Crippen LogP contribution in [0.3, 0.4) is 0 Å². The third-order valence-electron chi connectivity index (χ3n) is 4.28. The van der Waals surface area contributed by atoms with Crippen LogP contribution in [0.4, 0.5) is 5.69 Å². The van der Waals surface area contributed by atoms with Crippen molar-refractivity contribution in [3.63, 3.8) is 0 Å². The van der Waals surface area contributed by atoms with Gasteiger partial charge in [-0.15, -0.1) is 0 Å². The van der Waals surface area contributed by atoms with E-state index < -0.39 is 0 Å². The van der Waals surface area contributed by atoms with Crippen molar-refractivity contribution in [3.8, 4) is 0 Å². The number of nitrogens with one attached hydrogen (secondary N) is 1. The van der Waals surface area contributed by atoms with E-state index >= 15 is 0 Å². The lowest BCUT2D eigenvalue weighted by Gasteiger charge is -2.24. The summed E-state index contributed by atoms with van der Waals surface area (Å²) in [5.74, 6) is -0.110. The molecule has 0 saturated heterocycles. The minimum Gasteiger partial charge on any atom is -0.350 e. The van der Waals surface area contributed by atoms with E-state index in [1.54, 1.807) is 4.90 Å². The molecule has 1 atom stereocenters. The fourth-order valence-corrected chi connectivity index (χ4v) is 2.87. The summed E-state index contributed by atoms with van der Waals surface area (Å²) in [5, 5.41) is 2.99. The van der Waals surface area contributed by atoms with Gasteiger partial charge in [0.25, 0.3) is 0 Å². The van der Waals surface area contributed by atoms with E-state index in [9.17, 15) is 9.59 Å². The van der Waals surface area contributed by atoms with Crippen molar-refractivity contribution in [1.29, 1.82) is 0 Å². The molecule has 2 aromatic carbocycles. The Morgan fingerprint density at radius 1 is 1.04 bits per heavy atom. The van der Waals surface area contributed by atoms with Crippen LogP contribution in [-0.2, 0) is 16.0 Å². The van der Waals surface area contributed by atoms with E-state index in [1.807, 2.05) is 61.5 Å². The lowest BCUT2D eigenvalue weighted by molar-refractivity contribution is -0.121. The summed E-state index contributed by atoms with van der Waals surface area (Å²) >= 11 is 0. The van der Waals surface area contributed by atoms with Crippen molar-refractivity contribution >= 4 is 17.5 Å². The number of rotatable bonds is 7. The number of amides is 2. The smallest absolute Gasteiger partial charge is 0.223 e. The van der Waals surface area contributed by atoms with E-state index in [0.29, 0.717) is 6.54 Å². The third-order valence-corrected chi connectivity index (χ3v) is 4.28. The number of nitrogens with zero attached hydrogens (tertiary/aromatic N) is 1. The van der Waals surface area contributed by atoms with Gasteiger partial charge in [-0.25, -0.2) is 0 Å². The Bertz CT molecular complexity index is 713. The maximum Gasteiger partial charge on any atom is 0.223 e. The second-order valence-electron chi connectivity index (χ2n) is 6.10. The number of anilines is 1. The summed E-state index contributed by atoms with van der Waals surface area (Å²) in [5.41, 5.74) is 3.06. The fraction of sp³-hybridized carbons (Fsp3) is 0.333. The van der Waals surface area contributed by atoms with Gasteiger partial charge in [0, 0.05) is 25.6 Å². The molecule has 0 aliphatic carbocycles. The molecule has 0 aromatic heterocycles. The first-order valence-corrected chi connectivity index (χ1v) is 8.73. The average molecular weight is 338 g/mol. The molecule has 4 nitrogen and oxygen atoms in total. The van der Waals surface area contributed by atoms with Crippen LogP contribution in [-0.4, -0.2) is 18.4 Å². The summed E-state index contributed by atoms with van der Waals surface area (Å²) in [6.07, 6.45) is 1.12. The Kier molecular flexibility index (Phi) is 6.75. The quantitative estimate of drug-likeness (QED) is 0.833. The van der Waals surface area contributed by atoms with Gasteiger partial charge in [-0.1, -0.05) is 55.5 Å². The monoisotopic (exact) mass is 338 g/mol. The molecule has 25 heavy (non-hydrogen) atoms. The van der Waals surface area contributed by atoms with Crippen LogP contribution in [0.2, 0.25) is 0 Å². The van der Waals surface area contributed by atoms with Crippen LogP contribution in [0.5, 0.6) is 0 Å². The Hall–Kier alpha value is -2.62. The average Bonchev–Trinajstić information content (AvgIpc) is 2.62. The van der Waals surface area contributed by atoms with E-state index in [0.717, 1.165) is 23.2 Å². The Balaban J connectivity index is 1.99. The van der Waals surface area contributed by atoms with E-state index in [4.69, 9.17) is 0 Å². The molecule has 2 rings (SSSR count). The molecule has 0 aliphatic heterocycles. The molecular weight excluding hydrogens is 312 g/mol. The van der Waals surface area contributed by atoms with Gasteiger partial charge in [0.05, 0.1) is 6.04 Å². The molecule has 0 saturated carbocycles. The molecule has 0 aliphatic rings. The van der Waals surface area contributed by atoms with Gasteiger partial charge in [-0.05, 0) is 30.5 Å². The van der Waals surface area contributed by atoms with Crippen molar-refractivity contribution in [3.05, 3.63) is 65.7 Å². The van der Waals surface area contributed by atoms with Crippen LogP contribution in [0, 0.1) is 0 Å². The standard InChI is InChI=1S/C21H26N2O2/c1-4-18-10-8-9-13-20(18)23(17(3)24)15-14-21(25)22-16(2)19-11-6-5-7-12-19/h5-13,16H,4,14-15H2,1-3H3,(H,22,25). The molecule has 2 aromatic rings. The van der Waals surface area contributed by atoms with Gasteiger partial charge in [-0.2, -0.15) is 0 Å². The summed E-state index contributed by atoms with van der Waals surface area (Å²) in [6, 6.07) is 17.6. The first-order chi connectivity index (χ1) is 12.0. The summed E-state index contributed by atoms with van der Waals surface area (Å²) in [7, 11) is 0. The first-order valence-electron chi connectivity index (χ1n) is 8.73. The predicted octanol–water partition coefficient (Wildman–Crippen LogP) is 3.87. The molecule has 0 heterocycles. The van der Waals surface area contributed by atoms with E-state index in [-0.39, 0.29) is 24.3 Å². The summed E-state index contributed by atoms with van der Waals surface area (Å²) in [6.45, 7) is 5.93. The van der Waals surface area contributed by atoms with Gasteiger partial charge < -0.3 is 10.2 Å². The number of para-hydroxylation sites is 1. The number of carbonyl (C=O) groups is 2. The van der Waals surface area contributed by atoms with Gasteiger partial charge in [0.15, 0.2) is 0 Å². The largest absolute Gasteiger partial charge is 0.350 e. The first kappa shape index (κ1) is 18.7. The van der Waals surface area contributed by atoms with Crippen molar-refractivity contribution in [2.24, 2.45) is 0 Å². The molecule has 1 unspecified atom stereocenters. The van der Waals surface area contributed by atoms with Crippen molar-refractivity contribution in [2.45, 2.75) is 39.7 Å². The van der Waals surface area contributed by atoms with Crippen LogP contribution in [0.15, 0.2) is 54.6 Å². The number of hydrogen-bond acceptors (Lipinski definition) is 2. The van der Waals surface area contributed by atoms with Crippen LogP contribution >= 0.6 is 0 Å². The lowest BCUT2D eigenvalue weighted by Crippen LogP contribution is -2.35. The third kappa shape index (κ3) is 5.18. The van der Waals surface area contributed by atoms with Gasteiger partial charge in [0.1, 0.15) is 0 Å². The number of benzene rings is 2. The van der Waals surface area contributed by atoms with Gasteiger partial charge >= 0.3 is 0 Å². The molecule has 4 heteroatoms. The maximum atomic E-state index is 12.3. The minimum absolute atomic E-state index is 0.0511. The highest BCUT2D eigenvalue weighted by molar-refractivity contribution is 5.93. The fourth-order valence-electron chi connectivity index (χ4n) is 2.87. The molecule has 0 fully saturated rings. The predicted molar refractivity (Wildman–Crippen MR) is 101 cm³/mol. The van der Waals surface area contributed by atoms with E-state index in [2.05, 4.69) is 12.2 Å². The Morgan fingerprint density at radius 3 is 2.32 bits per heavy atom. The lowest BCUT2D eigenvalue weighted by atomic mass is 10.1. The molecular formula is C21H26N2O2. The van der Waals surface area contributed by atoms with Gasteiger partial charge in [0.2, 0.25) is 11.8 Å². The molecule has 132 valence electrons. The molecule has 0 radical (unpaired) electrons. The van der Waals surface area contributed by atoms with Crippen molar-refractivity contribution < 1.29 is 9.59 Å².